The minimum Gasteiger partial charge on any atom is -0.372 e. The van der Waals surface area contributed by atoms with E-state index in [0.717, 1.165) is 12.8 Å². The van der Waals surface area contributed by atoms with Gasteiger partial charge in [0.05, 0.1) is 12.2 Å². The monoisotopic (exact) mass is 200 g/mol. The van der Waals surface area contributed by atoms with Gasteiger partial charge in [0.15, 0.2) is 5.78 Å². The first kappa shape index (κ1) is 11.7. The Balaban J connectivity index is 2.29. The van der Waals surface area contributed by atoms with Crippen LogP contribution < -0.4 is 0 Å². The van der Waals surface area contributed by atoms with Crippen LogP contribution in [0.25, 0.3) is 0 Å². The topological polar surface area (TPSA) is 35.5 Å². The Kier molecular flexibility index (Phi) is 4.55. The molecule has 3 heteroatoms. The molecule has 1 aliphatic carbocycles. The van der Waals surface area contributed by atoms with Gasteiger partial charge < -0.3 is 9.47 Å². The fourth-order valence-electron chi connectivity index (χ4n) is 1.43. The van der Waals surface area contributed by atoms with E-state index in [2.05, 4.69) is 6.92 Å². The zero-order chi connectivity index (χ0) is 10.6. The lowest BCUT2D eigenvalue weighted by atomic mass is 9.89. The van der Waals surface area contributed by atoms with Gasteiger partial charge in [-0.3, -0.25) is 4.79 Å². The van der Waals surface area contributed by atoms with Crippen LogP contribution in [0.4, 0.5) is 0 Å². The SMILES string of the molecule is CCCOC1C(=O)CC1OC(C)CC. The van der Waals surface area contributed by atoms with Gasteiger partial charge >= 0.3 is 0 Å². The second-order valence-corrected chi connectivity index (χ2v) is 3.86. The van der Waals surface area contributed by atoms with Crippen LogP contribution in [-0.2, 0) is 14.3 Å². The standard InChI is InChI=1S/C11H20O3/c1-4-6-13-11-9(12)7-10(11)14-8(3)5-2/h8,10-11H,4-7H2,1-3H3. The molecule has 1 saturated carbocycles. The fourth-order valence-corrected chi connectivity index (χ4v) is 1.43. The van der Waals surface area contributed by atoms with Crippen molar-refractivity contribution in [2.24, 2.45) is 0 Å². The van der Waals surface area contributed by atoms with Gasteiger partial charge in [-0.05, 0) is 19.8 Å². The third-order valence-electron chi connectivity index (χ3n) is 2.54. The van der Waals surface area contributed by atoms with Crippen LogP contribution in [0.3, 0.4) is 0 Å². The molecule has 82 valence electrons. The number of rotatable bonds is 6. The van der Waals surface area contributed by atoms with Gasteiger partial charge in [-0.1, -0.05) is 13.8 Å². The minimum atomic E-state index is -0.288. The maximum absolute atomic E-state index is 11.2. The summed E-state index contributed by atoms with van der Waals surface area (Å²) >= 11 is 0. The maximum atomic E-state index is 11.2. The number of Topliss-reactive ketones (excluding diaryl/α,β-unsaturated/α-hetero) is 1. The van der Waals surface area contributed by atoms with Gasteiger partial charge in [-0.25, -0.2) is 0 Å². The molecule has 0 aromatic rings. The van der Waals surface area contributed by atoms with Crippen LogP contribution in [-0.4, -0.2) is 30.7 Å². The third kappa shape index (κ3) is 2.79. The largest absolute Gasteiger partial charge is 0.372 e. The molecule has 0 N–H and O–H groups in total. The summed E-state index contributed by atoms with van der Waals surface area (Å²) in [5, 5.41) is 0. The highest BCUT2D eigenvalue weighted by Crippen LogP contribution is 2.24. The van der Waals surface area contributed by atoms with E-state index in [1.54, 1.807) is 0 Å². The molecule has 0 amide bonds. The third-order valence-corrected chi connectivity index (χ3v) is 2.54. The maximum Gasteiger partial charge on any atom is 0.166 e. The summed E-state index contributed by atoms with van der Waals surface area (Å²) in [4.78, 5) is 11.2. The van der Waals surface area contributed by atoms with Gasteiger partial charge in [0.25, 0.3) is 0 Å². The van der Waals surface area contributed by atoms with Crippen LogP contribution in [0.15, 0.2) is 0 Å². The number of hydrogen-bond donors (Lipinski definition) is 0. The molecule has 0 spiro atoms. The van der Waals surface area contributed by atoms with Crippen LogP contribution in [0.1, 0.15) is 40.0 Å². The number of hydrogen-bond acceptors (Lipinski definition) is 3. The number of carbonyl (C=O) groups is 1. The van der Waals surface area contributed by atoms with Crippen molar-refractivity contribution < 1.29 is 14.3 Å². The van der Waals surface area contributed by atoms with E-state index in [-0.39, 0.29) is 24.1 Å². The van der Waals surface area contributed by atoms with Gasteiger partial charge in [-0.2, -0.15) is 0 Å². The van der Waals surface area contributed by atoms with Crippen LogP contribution in [0.5, 0.6) is 0 Å². The summed E-state index contributed by atoms with van der Waals surface area (Å²) in [6.45, 7) is 6.79. The Labute approximate surface area is 85.8 Å². The Morgan fingerprint density at radius 1 is 1.50 bits per heavy atom. The zero-order valence-electron chi connectivity index (χ0n) is 9.29. The number of carbonyl (C=O) groups excluding carboxylic acids is 1. The minimum absolute atomic E-state index is 0.00370. The molecule has 1 fully saturated rings. The summed E-state index contributed by atoms with van der Waals surface area (Å²) in [5.41, 5.74) is 0. The van der Waals surface area contributed by atoms with Crippen molar-refractivity contribution in [3.05, 3.63) is 0 Å². The molecule has 1 rings (SSSR count). The highest BCUT2D eigenvalue weighted by Gasteiger charge is 2.42. The first-order valence-electron chi connectivity index (χ1n) is 5.48. The van der Waals surface area contributed by atoms with E-state index in [1.807, 2.05) is 13.8 Å². The second kappa shape index (κ2) is 5.47. The normalized spacial score (nSPS) is 28.6. The smallest absolute Gasteiger partial charge is 0.166 e. The van der Waals surface area contributed by atoms with Crippen molar-refractivity contribution in [3.8, 4) is 0 Å². The molecular weight excluding hydrogens is 180 g/mol. The van der Waals surface area contributed by atoms with Gasteiger partial charge in [0.2, 0.25) is 0 Å². The van der Waals surface area contributed by atoms with Crippen LogP contribution >= 0.6 is 0 Å². The highest BCUT2D eigenvalue weighted by atomic mass is 16.6. The summed E-state index contributed by atoms with van der Waals surface area (Å²) in [6, 6.07) is 0. The Morgan fingerprint density at radius 3 is 2.71 bits per heavy atom. The molecule has 0 aromatic heterocycles. The lowest BCUT2D eigenvalue weighted by molar-refractivity contribution is -0.172. The van der Waals surface area contributed by atoms with Crippen molar-refractivity contribution >= 4 is 5.78 Å². The average molecular weight is 200 g/mol. The van der Waals surface area contributed by atoms with E-state index < -0.39 is 0 Å². The summed E-state index contributed by atoms with van der Waals surface area (Å²) < 4.78 is 11.1. The Hall–Kier alpha value is -0.410. The predicted octanol–water partition coefficient (Wildman–Crippen LogP) is 1.94. The Morgan fingerprint density at radius 2 is 2.21 bits per heavy atom. The van der Waals surface area contributed by atoms with E-state index in [0.29, 0.717) is 13.0 Å². The first-order chi connectivity index (χ1) is 6.69. The van der Waals surface area contributed by atoms with E-state index in [9.17, 15) is 4.79 Å². The van der Waals surface area contributed by atoms with Crippen molar-refractivity contribution in [2.45, 2.75) is 58.3 Å². The summed E-state index contributed by atoms with van der Waals surface area (Å²) in [7, 11) is 0. The zero-order valence-corrected chi connectivity index (χ0v) is 9.29. The highest BCUT2D eigenvalue weighted by molar-refractivity contribution is 5.90. The molecule has 3 atom stereocenters. The quantitative estimate of drug-likeness (QED) is 0.657. The molecule has 1 aliphatic rings. The first-order valence-corrected chi connectivity index (χ1v) is 5.48. The van der Waals surface area contributed by atoms with Gasteiger partial charge in [-0.15, -0.1) is 0 Å². The molecule has 14 heavy (non-hydrogen) atoms. The molecule has 0 heterocycles. The molecular formula is C11H20O3. The second-order valence-electron chi connectivity index (χ2n) is 3.86. The molecule has 3 nitrogen and oxygen atoms in total. The van der Waals surface area contributed by atoms with E-state index in [1.165, 1.54) is 0 Å². The summed E-state index contributed by atoms with van der Waals surface area (Å²) in [6.07, 6.45) is 2.39. The molecule has 3 unspecified atom stereocenters. The van der Waals surface area contributed by atoms with Gasteiger partial charge in [0, 0.05) is 13.0 Å². The van der Waals surface area contributed by atoms with Crippen molar-refractivity contribution in [3.63, 3.8) is 0 Å². The number of ether oxygens (including phenoxy) is 2. The molecule has 0 bridgehead atoms. The lowest BCUT2D eigenvalue weighted by Gasteiger charge is -2.36. The van der Waals surface area contributed by atoms with Crippen LogP contribution in [0.2, 0.25) is 0 Å². The summed E-state index contributed by atoms with van der Waals surface area (Å²) in [5.74, 6) is 0.187. The van der Waals surface area contributed by atoms with Crippen molar-refractivity contribution in [1.82, 2.24) is 0 Å². The molecule has 0 saturated heterocycles. The molecule has 0 aromatic carbocycles. The van der Waals surface area contributed by atoms with E-state index in [4.69, 9.17) is 9.47 Å². The molecule has 0 aliphatic heterocycles. The van der Waals surface area contributed by atoms with Gasteiger partial charge in [0.1, 0.15) is 6.10 Å². The number of ketones is 1. The molecule has 0 radical (unpaired) electrons. The van der Waals surface area contributed by atoms with Crippen molar-refractivity contribution in [1.29, 1.82) is 0 Å². The lowest BCUT2D eigenvalue weighted by Crippen LogP contribution is -2.51. The Bertz CT molecular complexity index is 191. The average Bonchev–Trinajstić information content (AvgIpc) is 2.17. The van der Waals surface area contributed by atoms with E-state index >= 15 is 0 Å². The fraction of sp³-hybridized carbons (Fsp3) is 0.909. The van der Waals surface area contributed by atoms with Crippen molar-refractivity contribution in [2.75, 3.05) is 6.61 Å². The van der Waals surface area contributed by atoms with Crippen LogP contribution in [0, 0.1) is 0 Å². The predicted molar refractivity (Wildman–Crippen MR) is 54.3 cm³/mol.